The van der Waals surface area contributed by atoms with Crippen molar-refractivity contribution in [3.05, 3.63) is 47.3 Å². The molecule has 0 atom stereocenters. The summed E-state index contributed by atoms with van der Waals surface area (Å²) in [4.78, 5) is 2.46. The quantitative estimate of drug-likeness (QED) is 0.877. The Bertz CT molecular complexity index is 538. The van der Waals surface area contributed by atoms with E-state index in [9.17, 15) is 0 Å². The summed E-state index contributed by atoms with van der Waals surface area (Å²) in [5.41, 5.74) is 5.06. The van der Waals surface area contributed by atoms with Crippen LogP contribution in [0.4, 0.5) is 5.69 Å². The Morgan fingerprint density at radius 2 is 1.90 bits per heavy atom. The van der Waals surface area contributed by atoms with Crippen molar-refractivity contribution in [1.29, 1.82) is 0 Å². The number of nitrogens with one attached hydrogen (secondary N) is 2. The molecule has 2 aromatic rings. The minimum absolute atomic E-state index is 0.857. The number of aromatic amines is 1. The lowest BCUT2D eigenvalue weighted by Gasteiger charge is -2.17. The zero-order chi connectivity index (χ0) is 13.8. The van der Waals surface area contributed by atoms with E-state index in [4.69, 9.17) is 0 Å². The third kappa shape index (κ3) is 3.02. The van der Waals surface area contributed by atoms with Gasteiger partial charge in [-0.3, -0.25) is 5.10 Å². The number of hydrogen-bond acceptors (Lipinski definition) is 3. The molecule has 1 aromatic carbocycles. The molecule has 0 unspecified atom stereocenters. The van der Waals surface area contributed by atoms with Gasteiger partial charge in [0.25, 0.3) is 0 Å². The zero-order valence-electron chi connectivity index (χ0n) is 12.0. The molecule has 0 aliphatic carbocycles. The number of rotatable bonds is 5. The standard InChI is InChI=1S/C16H22N4/c1-13-15(12-18-19-13)11-17-10-14-4-6-16(7-5-14)20-8-2-3-9-20/h4-7,12,17H,2-3,8-11H2,1H3,(H,18,19). The van der Waals surface area contributed by atoms with Crippen LogP contribution in [0.3, 0.4) is 0 Å². The highest BCUT2D eigenvalue weighted by Gasteiger charge is 2.11. The summed E-state index contributed by atoms with van der Waals surface area (Å²) in [7, 11) is 0. The molecular weight excluding hydrogens is 248 g/mol. The van der Waals surface area contributed by atoms with Crippen LogP contribution in [0, 0.1) is 6.92 Å². The number of benzene rings is 1. The Morgan fingerprint density at radius 1 is 1.15 bits per heavy atom. The molecule has 20 heavy (non-hydrogen) atoms. The van der Waals surface area contributed by atoms with Gasteiger partial charge in [0.1, 0.15) is 0 Å². The van der Waals surface area contributed by atoms with Gasteiger partial charge in [0.15, 0.2) is 0 Å². The van der Waals surface area contributed by atoms with Crippen molar-refractivity contribution in [1.82, 2.24) is 15.5 Å². The second kappa shape index (κ2) is 6.09. The molecule has 4 heteroatoms. The van der Waals surface area contributed by atoms with E-state index in [0.29, 0.717) is 0 Å². The lowest BCUT2D eigenvalue weighted by Crippen LogP contribution is -2.17. The van der Waals surface area contributed by atoms with Crippen molar-refractivity contribution in [3.63, 3.8) is 0 Å². The van der Waals surface area contributed by atoms with E-state index in [2.05, 4.69) is 51.6 Å². The van der Waals surface area contributed by atoms with Crippen molar-refractivity contribution in [3.8, 4) is 0 Å². The average Bonchev–Trinajstić information content (AvgIpc) is 3.12. The lowest BCUT2D eigenvalue weighted by molar-refractivity contribution is 0.691. The summed E-state index contributed by atoms with van der Waals surface area (Å²) in [6.45, 7) is 6.21. The Labute approximate surface area is 120 Å². The summed E-state index contributed by atoms with van der Waals surface area (Å²) in [5.74, 6) is 0. The molecule has 3 rings (SSSR count). The van der Waals surface area contributed by atoms with Gasteiger partial charge in [-0.2, -0.15) is 5.10 Å². The third-order valence-electron chi connectivity index (χ3n) is 3.99. The molecule has 0 radical (unpaired) electrons. The first-order chi connectivity index (χ1) is 9.83. The van der Waals surface area contributed by atoms with Crippen LogP contribution >= 0.6 is 0 Å². The van der Waals surface area contributed by atoms with Crippen molar-refractivity contribution < 1.29 is 0 Å². The fourth-order valence-corrected chi connectivity index (χ4v) is 2.70. The van der Waals surface area contributed by atoms with Gasteiger partial charge in [-0.25, -0.2) is 0 Å². The van der Waals surface area contributed by atoms with Gasteiger partial charge in [0, 0.05) is 43.1 Å². The van der Waals surface area contributed by atoms with Crippen molar-refractivity contribution in [2.75, 3.05) is 18.0 Å². The third-order valence-corrected chi connectivity index (χ3v) is 3.99. The van der Waals surface area contributed by atoms with E-state index >= 15 is 0 Å². The fourth-order valence-electron chi connectivity index (χ4n) is 2.70. The monoisotopic (exact) mass is 270 g/mol. The normalized spacial score (nSPS) is 14.9. The van der Waals surface area contributed by atoms with Crippen LogP contribution in [0.2, 0.25) is 0 Å². The number of nitrogens with zero attached hydrogens (tertiary/aromatic N) is 2. The van der Waals surface area contributed by atoms with Gasteiger partial charge < -0.3 is 10.2 Å². The van der Waals surface area contributed by atoms with Crippen LogP contribution in [-0.4, -0.2) is 23.3 Å². The maximum atomic E-state index is 4.03. The first-order valence-corrected chi connectivity index (χ1v) is 7.36. The van der Waals surface area contributed by atoms with Crippen LogP contribution in [0.1, 0.15) is 29.7 Å². The van der Waals surface area contributed by atoms with Crippen molar-refractivity contribution in [2.45, 2.75) is 32.9 Å². The number of H-pyrrole nitrogens is 1. The molecule has 2 N–H and O–H groups in total. The first kappa shape index (κ1) is 13.2. The summed E-state index contributed by atoms with van der Waals surface area (Å²) in [5, 5.41) is 10.5. The summed E-state index contributed by atoms with van der Waals surface area (Å²) in [6, 6.07) is 8.93. The van der Waals surface area contributed by atoms with Crippen LogP contribution in [-0.2, 0) is 13.1 Å². The fraction of sp³-hybridized carbons (Fsp3) is 0.438. The SMILES string of the molecule is Cc1[nH]ncc1CNCc1ccc(N2CCCC2)cc1. The van der Waals surface area contributed by atoms with Gasteiger partial charge in [-0.05, 0) is 37.5 Å². The van der Waals surface area contributed by atoms with E-state index in [1.54, 1.807) is 0 Å². The lowest BCUT2D eigenvalue weighted by atomic mass is 10.2. The maximum Gasteiger partial charge on any atom is 0.0535 e. The Morgan fingerprint density at radius 3 is 2.55 bits per heavy atom. The minimum Gasteiger partial charge on any atom is -0.372 e. The van der Waals surface area contributed by atoms with Crippen LogP contribution in [0.15, 0.2) is 30.5 Å². The van der Waals surface area contributed by atoms with E-state index in [1.165, 1.54) is 42.7 Å². The van der Waals surface area contributed by atoms with Crippen molar-refractivity contribution >= 4 is 5.69 Å². The van der Waals surface area contributed by atoms with Gasteiger partial charge in [0.2, 0.25) is 0 Å². The zero-order valence-corrected chi connectivity index (χ0v) is 12.0. The molecule has 1 saturated heterocycles. The maximum absolute atomic E-state index is 4.03. The molecule has 2 heterocycles. The summed E-state index contributed by atoms with van der Waals surface area (Å²) in [6.07, 6.45) is 4.54. The Kier molecular flexibility index (Phi) is 4.02. The average molecular weight is 270 g/mol. The summed E-state index contributed by atoms with van der Waals surface area (Å²) < 4.78 is 0. The Hall–Kier alpha value is -1.81. The highest BCUT2D eigenvalue weighted by Crippen LogP contribution is 2.20. The van der Waals surface area contributed by atoms with Gasteiger partial charge in [-0.1, -0.05) is 12.1 Å². The minimum atomic E-state index is 0.857. The molecule has 0 amide bonds. The van der Waals surface area contributed by atoms with Gasteiger partial charge >= 0.3 is 0 Å². The molecule has 1 aliphatic rings. The second-order valence-electron chi connectivity index (χ2n) is 5.48. The van der Waals surface area contributed by atoms with E-state index in [1.807, 2.05) is 6.20 Å². The first-order valence-electron chi connectivity index (χ1n) is 7.36. The van der Waals surface area contributed by atoms with E-state index in [-0.39, 0.29) is 0 Å². The van der Waals surface area contributed by atoms with Gasteiger partial charge in [0.05, 0.1) is 6.20 Å². The molecular formula is C16H22N4. The van der Waals surface area contributed by atoms with E-state index in [0.717, 1.165) is 18.8 Å². The Balaban J connectivity index is 1.52. The smallest absolute Gasteiger partial charge is 0.0535 e. The van der Waals surface area contributed by atoms with Crippen LogP contribution < -0.4 is 10.2 Å². The molecule has 4 nitrogen and oxygen atoms in total. The molecule has 1 aliphatic heterocycles. The molecule has 0 saturated carbocycles. The summed E-state index contributed by atoms with van der Waals surface area (Å²) >= 11 is 0. The molecule has 0 spiro atoms. The van der Waals surface area contributed by atoms with Crippen LogP contribution in [0.25, 0.3) is 0 Å². The van der Waals surface area contributed by atoms with Crippen LogP contribution in [0.5, 0.6) is 0 Å². The van der Waals surface area contributed by atoms with Crippen molar-refractivity contribution in [2.24, 2.45) is 0 Å². The molecule has 0 bridgehead atoms. The highest BCUT2D eigenvalue weighted by molar-refractivity contribution is 5.48. The predicted octanol–water partition coefficient (Wildman–Crippen LogP) is 2.61. The number of hydrogen-bond donors (Lipinski definition) is 2. The predicted molar refractivity (Wildman–Crippen MR) is 81.8 cm³/mol. The topological polar surface area (TPSA) is 44.0 Å². The molecule has 1 fully saturated rings. The largest absolute Gasteiger partial charge is 0.372 e. The highest BCUT2D eigenvalue weighted by atomic mass is 15.1. The number of aryl methyl sites for hydroxylation is 1. The number of anilines is 1. The second-order valence-corrected chi connectivity index (χ2v) is 5.48. The van der Waals surface area contributed by atoms with E-state index < -0.39 is 0 Å². The van der Waals surface area contributed by atoms with Gasteiger partial charge in [-0.15, -0.1) is 0 Å². The molecule has 106 valence electrons. The molecule has 1 aromatic heterocycles. The number of aromatic nitrogens is 2.